The van der Waals surface area contributed by atoms with Crippen LogP contribution in [0.2, 0.25) is 0 Å². The van der Waals surface area contributed by atoms with Crippen LogP contribution in [-0.4, -0.2) is 57.7 Å². The first-order valence-corrected chi connectivity index (χ1v) is 10.9. The zero-order valence-corrected chi connectivity index (χ0v) is 17.0. The second-order valence-corrected chi connectivity index (χ2v) is 8.71. The smallest absolute Gasteiger partial charge is 0.409 e. The largest absolute Gasteiger partial charge is 0.466 e. The molecule has 1 aliphatic heterocycles. The number of piperidine rings is 1. The molecule has 1 aromatic carbocycles. The predicted octanol–water partition coefficient (Wildman–Crippen LogP) is 2.13. The number of amides is 1. The summed E-state index contributed by atoms with van der Waals surface area (Å²) in [6.07, 6.45) is 1.05. The molecule has 2 rings (SSSR count). The van der Waals surface area contributed by atoms with Crippen molar-refractivity contribution in [3.05, 3.63) is 29.8 Å². The van der Waals surface area contributed by atoms with Crippen molar-refractivity contribution in [3.8, 4) is 0 Å². The fourth-order valence-electron chi connectivity index (χ4n) is 3.35. The second kappa shape index (κ2) is 9.18. The number of rotatable bonds is 6. The fourth-order valence-corrected chi connectivity index (χ4v) is 3.98. The topological polar surface area (TPSA) is 107 Å². The van der Waals surface area contributed by atoms with E-state index in [9.17, 15) is 22.8 Å². The zero-order chi connectivity index (χ0) is 20.9. The number of ether oxygens (including phenoxy) is 2. The van der Waals surface area contributed by atoms with Crippen molar-refractivity contribution in [1.29, 1.82) is 0 Å². The van der Waals surface area contributed by atoms with Crippen LogP contribution < -0.4 is 0 Å². The third-order valence-electron chi connectivity index (χ3n) is 4.78. The minimum Gasteiger partial charge on any atom is -0.466 e. The quantitative estimate of drug-likeness (QED) is 0.521. The van der Waals surface area contributed by atoms with Crippen LogP contribution in [0.4, 0.5) is 4.79 Å². The van der Waals surface area contributed by atoms with E-state index in [1.807, 2.05) is 0 Å². The minimum atomic E-state index is -3.34. The van der Waals surface area contributed by atoms with E-state index in [0.29, 0.717) is 24.9 Å². The van der Waals surface area contributed by atoms with Crippen molar-refractivity contribution in [3.63, 3.8) is 0 Å². The molecule has 154 valence electrons. The molecule has 2 atom stereocenters. The summed E-state index contributed by atoms with van der Waals surface area (Å²) < 4.78 is 33.0. The Morgan fingerprint density at radius 2 is 1.82 bits per heavy atom. The van der Waals surface area contributed by atoms with Crippen molar-refractivity contribution in [2.24, 2.45) is 5.92 Å². The summed E-state index contributed by atoms with van der Waals surface area (Å²) in [7, 11) is -2.06. The molecule has 0 N–H and O–H groups in total. The van der Waals surface area contributed by atoms with E-state index in [0.717, 1.165) is 6.26 Å². The number of carbonyl (C=O) groups is 3. The number of methoxy groups -OCH3 is 1. The van der Waals surface area contributed by atoms with Crippen LogP contribution in [0.5, 0.6) is 0 Å². The molecule has 0 aliphatic carbocycles. The number of carbonyl (C=O) groups excluding carboxylic acids is 3. The Hall–Kier alpha value is -2.42. The molecule has 0 saturated carbocycles. The van der Waals surface area contributed by atoms with Crippen molar-refractivity contribution < 1.29 is 32.3 Å². The summed E-state index contributed by atoms with van der Waals surface area (Å²) in [5, 5.41) is 0. The van der Waals surface area contributed by atoms with Crippen LogP contribution in [0.15, 0.2) is 29.2 Å². The number of nitrogens with zero attached hydrogens (tertiary/aromatic N) is 1. The van der Waals surface area contributed by atoms with Crippen LogP contribution in [0.3, 0.4) is 0 Å². The minimum absolute atomic E-state index is 0.173. The summed E-state index contributed by atoms with van der Waals surface area (Å²) in [5.41, 5.74) is 0.700. The summed E-state index contributed by atoms with van der Waals surface area (Å²) in [5.74, 6) is -1.18. The molecule has 0 aromatic heterocycles. The molecule has 1 amide bonds. The average molecular weight is 411 g/mol. The molecule has 1 aliphatic rings. The van der Waals surface area contributed by atoms with Crippen molar-refractivity contribution in [2.45, 2.75) is 37.1 Å². The van der Waals surface area contributed by atoms with Gasteiger partial charge in [0.15, 0.2) is 9.84 Å². The SMILES string of the molecule is CCOC(=O)CC(=O)[C@H]1CCN(C(=O)OC)[C@H](c2ccc(S(C)(=O)=O)cc2)C1. The van der Waals surface area contributed by atoms with Gasteiger partial charge in [-0.2, -0.15) is 0 Å². The van der Waals surface area contributed by atoms with Gasteiger partial charge < -0.3 is 14.4 Å². The molecule has 1 saturated heterocycles. The van der Waals surface area contributed by atoms with Crippen molar-refractivity contribution >= 4 is 27.7 Å². The van der Waals surface area contributed by atoms with Gasteiger partial charge in [0.25, 0.3) is 0 Å². The maximum absolute atomic E-state index is 12.5. The predicted molar refractivity (Wildman–Crippen MR) is 100 cm³/mol. The van der Waals surface area contributed by atoms with Crippen LogP contribution in [0.25, 0.3) is 0 Å². The lowest BCUT2D eigenvalue weighted by Crippen LogP contribution is -2.43. The molecule has 0 radical (unpaired) electrons. The van der Waals surface area contributed by atoms with Gasteiger partial charge in [-0.05, 0) is 37.5 Å². The Balaban J connectivity index is 2.24. The van der Waals surface area contributed by atoms with E-state index >= 15 is 0 Å². The number of ketones is 1. The van der Waals surface area contributed by atoms with Gasteiger partial charge in [-0.15, -0.1) is 0 Å². The molecule has 0 bridgehead atoms. The van der Waals surface area contributed by atoms with Gasteiger partial charge in [0.1, 0.15) is 12.2 Å². The van der Waals surface area contributed by atoms with Gasteiger partial charge in [0, 0.05) is 18.7 Å². The zero-order valence-electron chi connectivity index (χ0n) is 16.2. The van der Waals surface area contributed by atoms with E-state index in [2.05, 4.69) is 0 Å². The van der Waals surface area contributed by atoms with Crippen LogP contribution in [0, 0.1) is 5.92 Å². The Labute approximate surface area is 164 Å². The highest BCUT2D eigenvalue weighted by Gasteiger charge is 2.36. The lowest BCUT2D eigenvalue weighted by Gasteiger charge is -2.38. The summed E-state index contributed by atoms with van der Waals surface area (Å²) in [6, 6.07) is 5.77. The monoisotopic (exact) mass is 411 g/mol. The third-order valence-corrected chi connectivity index (χ3v) is 5.91. The fraction of sp³-hybridized carbons (Fsp3) is 0.526. The van der Waals surface area contributed by atoms with E-state index in [1.54, 1.807) is 19.1 Å². The maximum atomic E-state index is 12.5. The molecular formula is C19H25NO7S. The normalized spacial score (nSPS) is 19.8. The van der Waals surface area contributed by atoms with Gasteiger partial charge in [-0.25, -0.2) is 13.2 Å². The van der Waals surface area contributed by atoms with E-state index < -0.39 is 33.9 Å². The summed E-state index contributed by atoms with van der Waals surface area (Å²) in [6.45, 7) is 2.18. The summed E-state index contributed by atoms with van der Waals surface area (Å²) in [4.78, 5) is 37.9. The summed E-state index contributed by atoms with van der Waals surface area (Å²) >= 11 is 0. The molecular weight excluding hydrogens is 386 g/mol. The van der Waals surface area contributed by atoms with E-state index in [-0.39, 0.29) is 23.7 Å². The van der Waals surface area contributed by atoms with Gasteiger partial charge in [-0.1, -0.05) is 12.1 Å². The number of hydrogen-bond donors (Lipinski definition) is 0. The van der Waals surface area contributed by atoms with Gasteiger partial charge in [0.05, 0.1) is 24.7 Å². The Kier molecular flexibility index (Phi) is 7.17. The lowest BCUT2D eigenvalue weighted by atomic mass is 9.84. The lowest BCUT2D eigenvalue weighted by molar-refractivity contribution is -0.146. The van der Waals surface area contributed by atoms with Crippen molar-refractivity contribution in [2.75, 3.05) is 26.5 Å². The van der Waals surface area contributed by atoms with Gasteiger partial charge in [0.2, 0.25) is 0 Å². The molecule has 1 aromatic rings. The third kappa shape index (κ3) is 5.31. The first kappa shape index (κ1) is 21.9. The van der Waals surface area contributed by atoms with Crippen molar-refractivity contribution in [1.82, 2.24) is 4.90 Å². The first-order valence-electron chi connectivity index (χ1n) is 9.00. The van der Waals surface area contributed by atoms with Crippen LogP contribution in [-0.2, 0) is 28.9 Å². The molecule has 0 unspecified atom stereocenters. The number of Topliss-reactive ketones (excluding diaryl/α,β-unsaturated/α-hetero) is 1. The molecule has 1 fully saturated rings. The number of benzene rings is 1. The Morgan fingerprint density at radius 1 is 1.18 bits per heavy atom. The number of hydrogen-bond acceptors (Lipinski definition) is 7. The highest BCUT2D eigenvalue weighted by atomic mass is 32.2. The second-order valence-electron chi connectivity index (χ2n) is 6.69. The Bertz CT molecular complexity index is 832. The molecule has 9 heteroatoms. The van der Waals surface area contributed by atoms with Gasteiger partial charge in [-0.3, -0.25) is 9.59 Å². The average Bonchev–Trinajstić information content (AvgIpc) is 2.66. The maximum Gasteiger partial charge on any atom is 0.409 e. The number of likely N-dealkylation sites (tertiary alicyclic amines) is 1. The highest BCUT2D eigenvalue weighted by molar-refractivity contribution is 7.90. The van der Waals surface area contributed by atoms with Crippen LogP contribution >= 0.6 is 0 Å². The molecule has 8 nitrogen and oxygen atoms in total. The molecule has 28 heavy (non-hydrogen) atoms. The number of sulfone groups is 1. The van der Waals surface area contributed by atoms with E-state index in [4.69, 9.17) is 9.47 Å². The molecule has 0 spiro atoms. The Morgan fingerprint density at radius 3 is 2.36 bits per heavy atom. The van der Waals surface area contributed by atoms with E-state index in [1.165, 1.54) is 24.1 Å². The van der Waals surface area contributed by atoms with Crippen LogP contribution in [0.1, 0.15) is 37.8 Å². The first-order chi connectivity index (χ1) is 13.2. The van der Waals surface area contributed by atoms with Gasteiger partial charge >= 0.3 is 12.1 Å². The standard InChI is InChI=1S/C19H25NO7S/c1-4-27-18(22)12-17(21)14-9-10-20(19(23)26-2)16(11-14)13-5-7-15(8-6-13)28(3,24)25/h5-8,14,16H,4,9-12H2,1-3H3/t14-,16-/m0/s1. The molecule has 1 heterocycles. The highest BCUT2D eigenvalue weighted by Crippen LogP contribution is 2.36. The number of esters is 1.